The van der Waals surface area contributed by atoms with Crippen LogP contribution in [0.2, 0.25) is 5.02 Å². The van der Waals surface area contributed by atoms with Gasteiger partial charge in [0.1, 0.15) is 11.6 Å². The summed E-state index contributed by atoms with van der Waals surface area (Å²) in [5.74, 6) is 0.392. The Morgan fingerprint density at radius 1 is 1.30 bits per heavy atom. The van der Waals surface area contributed by atoms with Crippen LogP contribution >= 0.6 is 11.6 Å². The van der Waals surface area contributed by atoms with Gasteiger partial charge in [0.2, 0.25) is 0 Å². The molecule has 0 heterocycles. The Labute approximate surface area is 123 Å². The van der Waals surface area contributed by atoms with Gasteiger partial charge in [0.15, 0.2) is 0 Å². The summed E-state index contributed by atoms with van der Waals surface area (Å²) >= 11 is 5.78. The van der Waals surface area contributed by atoms with Crippen molar-refractivity contribution in [2.45, 2.75) is 19.4 Å². The number of hydrogen-bond donors (Lipinski definition) is 1. The van der Waals surface area contributed by atoms with Crippen LogP contribution in [0.3, 0.4) is 0 Å². The van der Waals surface area contributed by atoms with Crippen LogP contribution in [0.25, 0.3) is 0 Å². The Morgan fingerprint density at radius 3 is 2.70 bits per heavy atom. The fourth-order valence-electron chi connectivity index (χ4n) is 2.24. The summed E-state index contributed by atoms with van der Waals surface area (Å²) in [6.07, 6.45) is 0.402. The highest BCUT2D eigenvalue weighted by atomic mass is 35.5. The minimum Gasteiger partial charge on any atom is -0.497 e. The number of rotatable bonds is 4. The Morgan fingerprint density at radius 2 is 2.05 bits per heavy atom. The van der Waals surface area contributed by atoms with Gasteiger partial charge in [0.25, 0.3) is 0 Å². The van der Waals surface area contributed by atoms with Crippen LogP contribution in [0.15, 0.2) is 36.4 Å². The predicted molar refractivity (Wildman–Crippen MR) is 79.8 cm³/mol. The molecule has 20 heavy (non-hydrogen) atoms. The predicted octanol–water partition coefficient (Wildman–Crippen LogP) is 4.04. The number of methoxy groups -OCH3 is 1. The maximum Gasteiger partial charge on any atom is 0.145 e. The molecule has 0 saturated carbocycles. The maximum atomic E-state index is 13.9. The van der Waals surface area contributed by atoms with Crippen LogP contribution in [0.1, 0.15) is 22.7 Å². The smallest absolute Gasteiger partial charge is 0.145 e. The first-order valence-corrected chi connectivity index (χ1v) is 6.73. The van der Waals surface area contributed by atoms with Crippen molar-refractivity contribution in [3.63, 3.8) is 0 Å². The summed E-state index contributed by atoms with van der Waals surface area (Å²) in [5.41, 5.74) is 8.72. The molecule has 2 rings (SSSR count). The lowest BCUT2D eigenvalue weighted by Gasteiger charge is -2.16. The van der Waals surface area contributed by atoms with Gasteiger partial charge in [-0.2, -0.15) is 0 Å². The topological polar surface area (TPSA) is 35.2 Å². The normalized spacial score (nSPS) is 12.2. The molecule has 0 radical (unpaired) electrons. The first-order valence-electron chi connectivity index (χ1n) is 6.36. The first kappa shape index (κ1) is 14.8. The van der Waals surface area contributed by atoms with Crippen molar-refractivity contribution in [2.75, 3.05) is 7.11 Å². The molecule has 2 aromatic carbocycles. The van der Waals surface area contributed by atoms with Crippen molar-refractivity contribution in [2.24, 2.45) is 5.73 Å². The van der Waals surface area contributed by atoms with E-state index in [-0.39, 0.29) is 11.1 Å². The summed E-state index contributed by atoms with van der Waals surface area (Å²) in [6.45, 7) is 1.96. The van der Waals surface area contributed by atoms with Gasteiger partial charge in [-0.1, -0.05) is 29.8 Å². The summed E-state index contributed by atoms with van der Waals surface area (Å²) in [7, 11) is 1.62. The summed E-state index contributed by atoms with van der Waals surface area (Å²) < 4.78 is 19.1. The van der Waals surface area contributed by atoms with E-state index in [9.17, 15) is 4.39 Å². The van der Waals surface area contributed by atoms with Crippen molar-refractivity contribution in [1.82, 2.24) is 0 Å². The number of benzene rings is 2. The number of nitrogens with two attached hydrogens (primary N) is 1. The molecule has 0 spiro atoms. The Kier molecular flexibility index (Phi) is 4.63. The third-order valence-electron chi connectivity index (χ3n) is 3.35. The van der Waals surface area contributed by atoms with E-state index in [4.69, 9.17) is 22.1 Å². The van der Waals surface area contributed by atoms with Crippen molar-refractivity contribution < 1.29 is 9.13 Å². The summed E-state index contributed by atoms with van der Waals surface area (Å²) in [4.78, 5) is 0. The minimum atomic E-state index is -0.393. The van der Waals surface area contributed by atoms with Gasteiger partial charge < -0.3 is 10.5 Å². The zero-order valence-electron chi connectivity index (χ0n) is 11.5. The zero-order valence-corrected chi connectivity index (χ0v) is 12.2. The standard InChI is InChI=1S/C16H17ClFNO/c1-10-8-12(20-2)6-7-13(10)15(19)9-11-4-3-5-14(17)16(11)18/h3-8,15H,9,19H2,1-2H3. The molecule has 0 saturated heterocycles. The first-order chi connectivity index (χ1) is 9.52. The monoisotopic (exact) mass is 293 g/mol. The third-order valence-corrected chi connectivity index (χ3v) is 3.64. The van der Waals surface area contributed by atoms with Crippen LogP contribution in [0.5, 0.6) is 5.75 Å². The van der Waals surface area contributed by atoms with E-state index >= 15 is 0 Å². The lowest BCUT2D eigenvalue weighted by molar-refractivity contribution is 0.414. The van der Waals surface area contributed by atoms with Crippen LogP contribution in [-0.4, -0.2) is 7.11 Å². The molecule has 0 aliphatic heterocycles. The van der Waals surface area contributed by atoms with E-state index in [0.717, 1.165) is 16.9 Å². The largest absolute Gasteiger partial charge is 0.497 e. The molecule has 2 aromatic rings. The van der Waals surface area contributed by atoms with Gasteiger partial charge in [-0.3, -0.25) is 0 Å². The molecule has 0 aliphatic rings. The Bertz CT molecular complexity index is 615. The lowest BCUT2D eigenvalue weighted by Crippen LogP contribution is -2.15. The molecule has 0 aromatic heterocycles. The van der Waals surface area contributed by atoms with Crippen molar-refractivity contribution in [3.8, 4) is 5.75 Å². The highest BCUT2D eigenvalue weighted by Gasteiger charge is 2.14. The highest BCUT2D eigenvalue weighted by molar-refractivity contribution is 6.30. The number of halogens is 2. The molecular weight excluding hydrogens is 277 g/mol. The third kappa shape index (κ3) is 3.11. The van der Waals surface area contributed by atoms with E-state index < -0.39 is 5.82 Å². The molecule has 106 valence electrons. The Hall–Kier alpha value is -1.58. The summed E-state index contributed by atoms with van der Waals surface area (Å²) in [6, 6.07) is 10.4. The van der Waals surface area contributed by atoms with Crippen molar-refractivity contribution >= 4 is 11.6 Å². The average molecular weight is 294 g/mol. The molecule has 0 bridgehead atoms. The molecule has 4 heteroatoms. The number of aryl methyl sites for hydroxylation is 1. The maximum absolute atomic E-state index is 13.9. The molecule has 0 fully saturated rings. The lowest BCUT2D eigenvalue weighted by atomic mass is 9.95. The van der Waals surface area contributed by atoms with Gasteiger partial charge >= 0.3 is 0 Å². The van der Waals surface area contributed by atoms with Gasteiger partial charge in [0.05, 0.1) is 12.1 Å². The highest BCUT2D eigenvalue weighted by Crippen LogP contribution is 2.26. The summed E-state index contributed by atoms with van der Waals surface area (Å²) in [5, 5.41) is 0.126. The van der Waals surface area contributed by atoms with Crippen molar-refractivity contribution in [3.05, 3.63) is 63.9 Å². The van der Waals surface area contributed by atoms with Crippen LogP contribution < -0.4 is 10.5 Å². The fraction of sp³-hybridized carbons (Fsp3) is 0.250. The van der Waals surface area contributed by atoms with E-state index in [1.165, 1.54) is 6.07 Å². The van der Waals surface area contributed by atoms with Crippen LogP contribution in [-0.2, 0) is 6.42 Å². The molecular formula is C16H17ClFNO. The van der Waals surface area contributed by atoms with E-state index in [2.05, 4.69) is 0 Å². The van der Waals surface area contributed by atoms with Gasteiger partial charge in [0, 0.05) is 6.04 Å². The van der Waals surface area contributed by atoms with Crippen LogP contribution in [0, 0.1) is 12.7 Å². The molecule has 2 nitrogen and oxygen atoms in total. The van der Waals surface area contributed by atoms with Gasteiger partial charge in [-0.05, 0) is 48.2 Å². The van der Waals surface area contributed by atoms with Gasteiger partial charge in [-0.25, -0.2) is 4.39 Å². The van der Waals surface area contributed by atoms with Crippen molar-refractivity contribution in [1.29, 1.82) is 0 Å². The zero-order chi connectivity index (χ0) is 14.7. The molecule has 1 unspecified atom stereocenters. The minimum absolute atomic E-state index is 0.126. The Balaban J connectivity index is 2.24. The SMILES string of the molecule is COc1ccc(C(N)Cc2cccc(Cl)c2F)c(C)c1. The molecule has 0 aliphatic carbocycles. The molecule has 0 amide bonds. The quantitative estimate of drug-likeness (QED) is 0.923. The molecule has 1 atom stereocenters. The molecule has 2 N–H and O–H groups in total. The fourth-order valence-corrected chi connectivity index (χ4v) is 2.44. The number of hydrogen-bond acceptors (Lipinski definition) is 2. The van der Waals surface area contributed by atoms with E-state index in [1.54, 1.807) is 19.2 Å². The second-order valence-electron chi connectivity index (χ2n) is 4.75. The van der Waals surface area contributed by atoms with E-state index in [1.807, 2.05) is 25.1 Å². The van der Waals surface area contributed by atoms with Crippen LogP contribution in [0.4, 0.5) is 4.39 Å². The number of ether oxygens (including phenoxy) is 1. The van der Waals surface area contributed by atoms with E-state index in [0.29, 0.717) is 12.0 Å². The second-order valence-corrected chi connectivity index (χ2v) is 5.15. The average Bonchev–Trinajstić information content (AvgIpc) is 2.43. The van der Waals surface area contributed by atoms with Gasteiger partial charge in [-0.15, -0.1) is 0 Å². The second kappa shape index (κ2) is 6.25.